The molecule has 9 aromatic carbocycles. The molecule has 0 bridgehead atoms. The van der Waals surface area contributed by atoms with Crippen molar-refractivity contribution in [2.45, 2.75) is 38.0 Å². The van der Waals surface area contributed by atoms with Gasteiger partial charge in [-0.3, -0.25) is 0 Å². The summed E-state index contributed by atoms with van der Waals surface area (Å²) in [7, 11) is 0. The molecule has 0 saturated carbocycles. The minimum absolute atomic E-state index is 0.310. The number of hydrogen-bond acceptors (Lipinski definition) is 1. The molecule has 2 atom stereocenters. The van der Waals surface area contributed by atoms with Crippen LogP contribution in [0, 0.1) is 11.8 Å². The number of benzene rings is 9. The summed E-state index contributed by atoms with van der Waals surface area (Å²) in [5.41, 5.74) is 28.1. The Morgan fingerprint density at radius 1 is 0.500 bits per heavy atom. The molecule has 1 N–H and O–H groups in total. The number of anilines is 2. The maximum Gasteiger partial charge on any atom is 0.0674 e. The predicted molar refractivity (Wildman–Crippen MR) is 311 cm³/mol. The zero-order valence-electron chi connectivity index (χ0n) is 41.5. The number of nitrogens with one attached hydrogen (secondary N) is 1. The highest BCUT2D eigenvalue weighted by Gasteiger charge is 2.48. The van der Waals surface area contributed by atoms with Crippen LogP contribution >= 0.6 is 0 Å². The number of allylic oxidation sites excluding steroid dienone is 10. The Kier molecular flexibility index (Phi) is 9.82. The summed E-state index contributed by atoms with van der Waals surface area (Å²) in [5.74, 6) is 0.652. The molecular weight excluding hydrogens is 893 g/mol. The van der Waals surface area contributed by atoms with Gasteiger partial charge >= 0.3 is 0 Å². The molecule has 0 fully saturated rings. The summed E-state index contributed by atoms with van der Waals surface area (Å²) in [4.78, 5) is 0. The number of rotatable bonds is 6. The van der Waals surface area contributed by atoms with E-state index in [2.05, 4.69) is 260 Å². The molecule has 2 nitrogen and oxygen atoms in total. The van der Waals surface area contributed by atoms with Crippen molar-refractivity contribution in [2.75, 3.05) is 5.32 Å². The molecule has 74 heavy (non-hydrogen) atoms. The van der Waals surface area contributed by atoms with Crippen molar-refractivity contribution >= 4 is 49.9 Å². The van der Waals surface area contributed by atoms with Crippen molar-refractivity contribution in [2.24, 2.45) is 11.8 Å². The minimum atomic E-state index is -0.341. The van der Waals surface area contributed by atoms with Gasteiger partial charge in [0.2, 0.25) is 0 Å². The first-order chi connectivity index (χ1) is 36.6. The zero-order chi connectivity index (χ0) is 48.9. The topological polar surface area (TPSA) is 17.0 Å². The molecular formula is C72H54N2. The van der Waals surface area contributed by atoms with Crippen LogP contribution in [0.1, 0.15) is 66.0 Å². The second-order valence-corrected chi connectivity index (χ2v) is 21.1. The molecule has 15 rings (SSSR count). The molecule has 0 saturated heterocycles. The molecule has 10 aromatic rings. The third kappa shape index (κ3) is 6.44. The molecule has 0 amide bonds. The fraction of sp³-hybridized carbons (Fsp3) is 0.111. The van der Waals surface area contributed by atoms with Gasteiger partial charge in [-0.25, -0.2) is 0 Å². The highest BCUT2D eigenvalue weighted by molar-refractivity contribution is 6.11. The molecule has 5 aliphatic rings. The second kappa shape index (κ2) is 16.9. The Labute approximate surface area is 433 Å². The van der Waals surface area contributed by atoms with Gasteiger partial charge in [-0.05, 0) is 158 Å². The lowest BCUT2D eigenvalue weighted by Crippen LogP contribution is -2.30. The number of hydrogen-bond donors (Lipinski definition) is 1. The van der Waals surface area contributed by atoms with Gasteiger partial charge in [-0.2, -0.15) is 0 Å². The van der Waals surface area contributed by atoms with Gasteiger partial charge in [-0.1, -0.05) is 201 Å². The summed E-state index contributed by atoms with van der Waals surface area (Å²) >= 11 is 0. The zero-order valence-corrected chi connectivity index (χ0v) is 41.5. The molecule has 2 heterocycles. The SMILES string of the molecule is CC1C2=C(C=C3C=CC=CC31)c1cc(-c3ccc(-c4ccc5c(c4)c4ccccc4n5-c4ccc5c(c4)C(c4ccccc4)(c4ccccc4)C4=C5CCCC4)cc3)cc(-c3ccccc3)c1Nc1ccccc12. The summed E-state index contributed by atoms with van der Waals surface area (Å²) in [5, 5.41) is 6.52. The van der Waals surface area contributed by atoms with Crippen LogP contribution in [-0.4, -0.2) is 4.57 Å². The van der Waals surface area contributed by atoms with Crippen LogP contribution in [0.25, 0.3) is 77.6 Å². The van der Waals surface area contributed by atoms with Crippen molar-refractivity contribution in [3.63, 3.8) is 0 Å². The van der Waals surface area contributed by atoms with Gasteiger partial charge in [0.15, 0.2) is 0 Å². The second-order valence-electron chi connectivity index (χ2n) is 21.1. The van der Waals surface area contributed by atoms with E-state index in [0.717, 1.165) is 24.2 Å². The molecule has 352 valence electrons. The van der Waals surface area contributed by atoms with Crippen LogP contribution in [0.2, 0.25) is 0 Å². The Morgan fingerprint density at radius 2 is 1.16 bits per heavy atom. The van der Waals surface area contributed by atoms with E-state index in [4.69, 9.17) is 0 Å². The van der Waals surface area contributed by atoms with Crippen LogP contribution in [0.15, 0.2) is 254 Å². The summed E-state index contributed by atoms with van der Waals surface area (Å²) in [6.07, 6.45) is 16.3. The summed E-state index contributed by atoms with van der Waals surface area (Å²) in [6.45, 7) is 2.41. The average molecular weight is 947 g/mol. The first-order valence-corrected chi connectivity index (χ1v) is 26.7. The molecule has 1 aromatic heterocycles. The molecule has 2 unspecified atom stereocenters. The fourth-order valence-electron chi connectivity index (χ4n) is 13.9. The number of aromatic nitrogens is 1. The summed E-state index contributed by atoms with van der Waals surface area (Å²) in [6, 6.07) is 80.0. The van der Waals surface area contributed by atoms with Gasteiger partial charge in [0, 0.05) is 44.8 Å². The molecule has 0 spiro atoms. The smallest absolute Gasteiger partial charge is 0.0674 e. The van der Waals surface area contributed by atoms with E-state index in [1.54, 1.807) is 11.1 Å². The van der Waals surface area contributed by atoms with E-state index in [-0.39, 0.29) is 5.41 Å². The highest BCUT2D eigenvalue weighted by Crippen LogP contribution is 2.59. The Balaban J connectivity index is 0.850. The summed E-state index contributed by atoms with van der Waals surface area (Å²) < 4.78 is 2.51. The van der Waals surface area contributed by atoms with Crippen molar-refractivity contribution < 1.29 is 0 Å². The van der Waals surface area contributed by atoms with Gasteiger partial charge < -0.3 is 9.88 Å². The quantitative estimate of drug-likeness (QED) is 0.176. The lowest BCUT2D eigenvalue weighted by molar-refractivity contribution is 0.602. The standard InChI is InChI=1S/C72H54N2/c1-46-56-26-12-11-21-51(56)42-63-64-44-52(43-61(49-19-5-2-6-20-49)71(64)73-67-31-17-14-29-60(67)70(46)63)48-35-33-47(34-36-48)50-37-40-69-62(41-50)59-28-15-18-32-68(59)74(69)55-38-39-58-57-27-13-16-30-65(57)72(66(58)45-55,53-22-7-3-8-23-53)54-24-9-4-10-25-54/h2-12,14-15,17-26,28-29,31-46,56,73H,13,16,27,30H2,1H3. The lowest BCUT2D eigenvalue weighted by Gasteiger charge is -2.37. The Morgan fingerprint density at radius 3 is 1.96 bits per heavy atom. The van der Waals surface area contributed by atoms with Crippen LogP contribution in [0.4, 0.5) is 11.4 Å². The first-order valence-electron chi connectivity index (χ1n) is 26.7. The van der Waals surface area contributed by atoms with Gasteiger partial charge in [-0.15, -0.1) is 0 Å². The normalized spacial score (nSPS) is 17.9. The predicted octanol–water partition coefficient (Wildman–Crippen LogP) is 18.7. The first kappa shape index (κ1) is 42.9. The largest absolute Gasteiger partial charge is 0.354 e. The van der Waals surface area contributed by atoms with E-state index < -0.39 is 0 Å². The third-order valence-corrected chi connectivity index (χ3v) is 17.2. The fourth-order valence-corrected chi connectivity index (χ4v) is 13.9. The third-order valence-electron chi connectivity index (χ3n) is 17.2. The van der Waals surface area contributed by atoms with Crippen molar-refractivity contribution in [3.8, 4) is 39.1 Å². The van der Waals surface area contributed by atoms with Crippen LogP contribution < -0.4 is 5.32 Å². The van der Waals surface area contributed by atoms with E-state index in [1.165, 1.54) is 124 Å². The maximum atomic E-state index is 4.00. The monoisotopic (exact) mass is 946 g/mol. The van der Waals surface area contributed by atoms with Crippen LogP contribution in [0.5, 0.6) is 0 Å². The molecule has 0 radical (unpaired) electrons. The van der Waals surface area contributed by atoms with Gasteiger partial charge in [0.25, 0.3) is 0 Å². The number of para-hydroxylation sites is 2. The van der Waals surface area contributed by atoms with E-state index >= 15 is 0 Å². The molecule has 1 aliphatic heterocycles. The van der Waals surface area contributed by atoms with Gasteiger partial charge in [0.1, 0.15) is 0 Å². The van der Waals surface area contributed by atoms with Crippen LogP contribution in [-0.2, 0) is 5.41 Å². The van der Waals surface area contributed by atoms with E-state index in [0.29, 0.717) is 11.8 Å². The van der Waals surface area contributed by atoms with Crippen LogP contribution in [0.3, 0.4) is 0 Å². The maximum absolute atomic E-state index is 4.00. The Hall–Kier alpha value is -8.72. The number of nitrogens with zero attached hydrogens (tertiary/aromatic N) is 1. The van der Waals surface area contributed by atoms with Crippen molar-refractivity contribution in [3.05, 3.63) is 287 Å². The lowest BCUT2D eigenvalue weighted by atomic mass is 9.65. The average Bonchev–Trinajstić information content (AvgIpc) is 3.92. The Bertz CT molecular complexity index is 4040. The highest BCUT2D eigenvalue weighted by atomic mass is 15.0. The van der Waals surface area contributed by atoms with Crippen molar-refractivity contribution in [1.82, 2.24) is 4.57 Å². The number of fused-ring (bicyclic) bond motifs is 10. The van der Waals surface area contributed by atoms with E-state index in [9.17, 15) is 0 Å². The molecule has 2 heteroatoms. The minimum Gasteiger partial charge on any atom is -0.354 e. The van der Waals surface area contributed by atoms with Crippen molar-refractivity contribution in [1.29, 1.82) is 0 Å². The van der Waals surface area contributed by atoms with E-state index in [1.807, 2.05) is 0 Å². The van der Waals surface area contributed by atoms with Gasteiger partial charge in [0.05, 0.1) is 22.1 Å². The molecule has 4 aliphatic carbocycles.